The van der Waals surface area contributed by atoms with Gasteiger partial charge in [0.15, 0.2) is 0 Å². The molecule has 0 bridgehead atoms. The molecule has 0 aromatic carbocycles. The zero-order valence-corrected chi connectivity index (χ0v) is 29.9. The van der Waals surface area contributed by atoms with Crippen molar-refractivity contribution in [2.45, 2.75) is 117 Å². The predicted molar refractivity (Wildman–Crippen MR) is 173 cm³/mol. The first-order valence-corrected chi connectivity index (χ1v) is 16.2. The number of hydrogen-bond acceptors (Lipinski definition) is 13. The fourth-order valence-corrected chi connectivity index (χ4v) is 5.10. The van der Waals surface area contributed by atoms with Gasteiger partial charge in [-0.3, -0.25) is 43.5 Å². The number of nitrogens with zero attached hydrogens (tertiary/aromatic N) is 3. The van der Waals surface area contributed by atoms with E-state index in [-0.39, 0.29) is 52.4 Å². The fraction of sp³-hybridized carbons (Fsp3) is 0.812. The minimum atomic E-state index is -1.41. The van der Waals surface area contributed by atoms with Gasteiger partial charge in [-0.1, -0.05) is 0 Å². The average molecular weight is 689 g/mol. The van der Waals surface area contributed by atoms with Crippen LogP contribution in [0.4, 0.5) is 0 Å². The second-order valence-electron chi connectivity index (χ2n) is 14.8. The van der Waals surface area contributed by atoms with Gasteiger partial charge in [0.05, 0.1) is 19.3 Å². The third kappa shape index (κ3) is 17.2. The van der Waals surface area contributed by atoms with Gasteiger partial charge in [-0.2, -0.15) is 0 Å². The molecule has 1 saturated heterocycles. The van der Waals surface area contributed by atoms with Crippen LogP contribution in [0.15, 0.2) is 0 Å². The van der Waals surface area contributed by atoms with Crippen LogP contribution in [0, 0.1) is 0 Å². The number of rotatable bonds is 12. The summed E-state index contributed by atoms with van der Waals surface area (Å²) in [7, 11) is 0. The summed E-state index contributed by atoms with van der Waals surface area (Å²) in [4.78, 5) is 80.0. The van der Waals surface area contributed by atoms with Crippen molar-refractivity contribution >= 4 is 35.8 Å². The second kappa shape index (κ2) is 18.4. The summed E-state index contributed by atoms with van der Waals surface area (Å²) in [5, 5.41) is 33.6. The summed E-state index contributed by atoms with van der Waals surface area (Å²) in [6, 6.07) is -3.99. The number of carbonyl (C=O) groups is 6. The summed E-state index contributed by atoms with van der Waals surface area (Å²) >= 11 is 0. The van der Waals surface area contributed by atoms with E-state index in [0.717, 1.165) is 0 Å². The van der Waals surface area contributed by atoms with Crippen LogP contribution in [0.3, 0.4) is 0 Å². The normalized spacial score (nSPS) is 18.7. The van der Waals surface area contributed by atoms with E-state index in [0.29, 0.717) is 0 Å². The van der Waals surface area contributed by atoms with Gasteiger partial charge in [0.2, 0.25) is 0 Å². The lowest BCUT2D eigenvalue weighted by molar-refractivity contribution is -0.162. The number of carboxylic acids is 3. The molecule has 0 saturated carbocycles. The summed E-state index contributed by atoms with van der Waals surface area (Å²) in [5.74, 6) is -6.04. The zero-order valence-electron chi connectivity index (χ0n) is 29.9. The monoisotopic (exact) mass is 688 g/mol. The van der Waals surface area contributed by atoms with E-state index in [1.54, 1.807) is 72.1 Å². The molecule has 1 rings (SSSR count). The first-order chi connectivity index (χ1) is 21.9. The lowest BCUT2D eigenvalue weighted by atomic mass is 10.1. The molecule has 3 unspecified atom stereocenters. The number of carboxylic acid groups (broad SMARTS) is 3. The highest BCUT2D eigenvalue weighted by atomic mass is 16.6. The third-order valence-electron chi connectivity index (χ3n) is 7.02. The van der Waals surface area contributed by atoms with E-state index in [2.05, 4.69) is 5.32 Å². The molecule has 1 heterocycles. The Labute approximate surface area is 283 Å². The van der Waals surface area contributed by atoms with Crippen LogP contribution in [-0.2, 0) is 43.0 Å². The molecule has 0 aliphatic carbocycles. The smallest absolute Gasteiger partial charge is 0.321 e. The van der Waals surface area contributed by atoms with Crippen LogP contribution in [0.1, 0.15) is 81.6 Å². The molecule has 0 radical (unpaired) electrons. The molecule has 0 aromatic heterocycles. The van der Waals surface area contributed by atoms with Crippen molar-refractivity contribution in [3.8, 4) is 0 Å². The first kappa shape index (κ1) is 42.7. The maximum atomic E-state index is 12.8. The molecule has 0 amide bonds. The van der Waals surface area contributed by atoms with Crippen LogP contribution in [0.5, 0.6) is 0 Å². The van der Waals surface area contributed by atoms with Gasteiger partial charge in [0, 0.05) is 52.4 Å². The number of hydrogen-bond donors (Lipinski definition) is 4. The summed E-state index contributed by atoms with van der Waals surface area (Å²) in [5.41, 5.74) is -2.55. The lowest BCUT2D eigenvalue weighted by Gasteiger charge is -2.37. The van der Waals surface area contributed by atoms with Gasteiger partial charge < -0.3 is 34.8 Å². The number of esters is 3. The summed E-state index contributed by atoms with van der Waals surface area (Å²) in [6.45, 7) is 15.6. The van der Waals surface area contributed by atoms with E-state index < -0.39 is 90.0 Å². The Balaban J connectivity index is 3.46. The van der Waals surface area contributed by atoms with E-state index in [4.69, 9.17) is 14.2 Å². The topological polar surface area (TPSA) is 213 Å². The van der Waals surface area contributed by atoms with E-state index in [1.165, 1.54) is 4.90 Å². The second-order valence-corrected chi connectivity index (χ2v) is 14.8. The largest absolute Gasteiger partial charge is 0.480 e. The maximum absolute atomic E-state index is 12.8. The molecule has 276 valence electrons. The Bertz CT molecular complexity index is 1060. The molecule has 0 aromatic rings. The lowest BCUT2D eigenvalue weighted by Crippen LogP contribution is -2.55. The van der Waals surface area contributed by atoms with Crippen molar-refractivity contribution in [2.75, 3.05) is 52.4 Å². The summed E-state index contributed by atoms with van der Waals surface area (Å²) < 4.78 is 16.1. The SMILES string of the molecule is CC(C)(C)OC(=O)CC(C(=O)O)N1CCNCCN(C(CC(=O)OC(C)(C)C)C(=O)O)CCN(C(CC(=O)OC(C)(C)C)C(=O)O)CC1. The Morgan fingerprint density at radius 2 is 0.729 bits per heavy atom. The van der Waals surface area contributed by atoms with Crippen molar-refractivity contribution in [1.82, 2.24) is 20.0 Å². The van der Waals surface area contributed by atoms with Crippen LogP contribution >= 0.6 is 0 Å². The molecule has 16 heteroatoms. The average Bonchev–Trinajstić information content (AvgIpc) is 2.87. The van der Waals surface area contributed by atoms with Crippen molar-refractivity contribution in [3.63, 3.8) is 0 Å². The fourth-order valence-electron chi connectivity index (χ4n) is 5.10. The van der Waals surface area contributed by atoms with Crippen molar-refractivity contribution < 1.29 is 58.3 Å². The quantitative estimate of drug-likeness (QED) is 0.167. The standard InChI is InChI=1S/C32H56N4O12/c1-30(2,3)46-24(37)18-21(27(40)41)34-12-10-33-11-13-35(22(28(42)43)19-25(38)47-31(4,5)6)15-17-36(16-14-34)23(29(44)45)20-26(39)48-32(7,8)9/h21-23,33H,10-20H2,1-9H3,(H,40,41)(H,42,43)(H,44,45). The molecule has 16 nitrogen and oxygen atoms in total. The Hall–Kier alpha value is -3.34. The van der Waals surface area contributed by atoms with Gasteiger partial charge in [-0.25, -0.2) is 0 Å². The number of aliphatic carboxylic acids is 3. The van der Waals surface area contributed by atoms with Crippen LogP contribution in [-0.4, -0.2) is 153 Å². The Morgan fingerprint density at radius 1 is 0.500 bits per heavy atom. The van der Waals surface area contributed by atoms with E-state index in [1.807, 2.05) is 0 Å². The Kier molecular flexibility index (Phi) is 16.4. The van der Waals surface area contributed by atoms with Crippen LogP contribution in [0.2, 0.25) is 0 Å². The molecular weight excluding hydrogens is 632 g/mol. The molecule has 4 N–H and O–H groups in total. The zero-order chi connectivity index (χ0) is 37.0. The molecule has 1 aliphatic rings. The molecule has 48 heavy (non-hydrogen) atoms. The van der Waals surface area contributed by atoms with Gasteiger partial charge in [-0.05, 0) is 62.3 Å². The highest BCUT2D eigenvalue weighted by molar-refractivity contribution is 5.83. The maximum Gasteiger partial charge on any atom is 0.321 e. The van der Waals surface area contributed by atoms with E-state index >= 15 is 0 Å². The number of ether oxygens (including phenoxy) is 3. The number of carbonyl (C=O) groups excluding carboxylic acids is 3. The van der Waals surface area contributed by atoms with Crippen LogP contribution < -0.4 is 5.32 Å². The van der Waals surface area contributed by atoms with Crippen molar-refractivity contribution in [3.05, 3.63) is 0 Å². The van der Waals surface area contributed by atoms with Crippen molar-refractivity contribution in [2.24, 2.45) is 0 Å². The minimum absolute atomic E-state index is 0.0141. The first-order valence-electron chi connectivity index (χ1n) is 16.2. The van der Waals surface area contributed by atoms with Crippen molar-refractivity contribution in [1.29, 1.82) is 0 Å². The van der Waals surface area contributed by atoms with Gasteiger partial charge in [0.1, 0.15) is 34.9 Å². The van der Waals surface area contributed by atoms with Gasteiger partial charge >= 0.3 is 35.8 Å². The van der Waals surface area contributed by atoms with E-state index in [9.17, 15) is 44.1 Å². The predicted octanol–water partition coefficient (Wildman–Crippen LogP) is 1.05. The van der Waals surface area contributed by atoms with Gasteiger partial charge in [-0.15, -0.1) is 0 Å². The molecule has 3 atom stereocenters. The molecular formula is C32H56N4O12. The molecule has 1 aliphatic heterocycles. The van der Waals surface area contributed by atoms with Crippen LogP contribution in [0.25, 0.3) is 0 Å². The minimum Gasteiger partial charge on any atom is -0.480 e. The number of nitrogens with one attached hydrogen (secondary N) is 1. The Morgan fingerprint density at radius 3 is 0.938 bits per heavy atom. The molecule has 0 spiro atoms. The third-order valence-corrected chi connectivity index (χ3v) is 7.02. The summed E-state index contributed by atoms with van der Waals surface area (Å²) in [6.07, 6.45) is -1.44. The highest BCUT2D eigenvalue weighted by Crippen LogP contribution is 2.18. The highest BCUT2D eigenvalue weighted by Gasteiger charge is 2.36. The van der Waals surface area contributed by atoms with Gasteiger partial charge in [0.25, 0.3) is 0 Å². The molecule has 1 fully saturated rings.